The van der Waals surface area contributed by atoms with Crippen LogP contribution >= 0.6 is 0 Å². The molecule has 0 aliphatic carbocycles. The maximum absolute atomic E-state index is 13.5. The van der Waals surface area contributed by atoms with Crippen molar-refractivity contribution >= 4 is 11.0 Å². The van der Waals surface area contributed by atoms with E-state index in [2.05, 4.69) is 20.1 Å². The van der Waals surface area contributed by atoms with Gasteiger partial charge in [0, 0.05) is 11.1 Å². The predicted octanol–water partition coefficient (Wildman–Crippen LogP) is 6.58. The molecule has 1 N–H and O–H groups in total. The van der Waals surface area contributed by atoms with Gasteiger partial charge in [-0.2, -0.15) is 31.3 Å². The van der Waals surface area contributed by atoms with Crippen LogP contribution in [0, 0.1) is 0 Å². The molecular weight excluding hydrogens is 454 g/mol. The minimum absolute atomic E-state index is 0.00916. The van der Waals surface area contributed by atoms with Crippen molar-refractivity contribution in [2.45, 2.75) is 12.4 Å². The van der Waals surface area contributed by atoms with Gasteiger partial charge >= 0.3 is 12.4 Å². The summed E-state index contributed by atoms with van der Waals surface area (Å²) in [5, 5.41) is 3.71. The summed E-state index contributed by atoms with van der Waals surface area (Å²) >= 11 is 0. The van der Waals surface area contributed by atoms with Gasteiger partial charge in [-0.25, -0.2) is 4.98 Å². The summed E-state index contributed by atoms with van der Waals surface area (Å²) in [6.45, 7) is 0. The van der Waals surface area contributed by atoms with Crippen LogP contribution in [-0.4, -0.2) is 20.1 Å². The third kappa shape index (κ3) is 3.83. The molecule has 2 aromatic carbocycles. The van der Waals surface area contributed by atoms with Gasteiger partial charge in [-0.15, -0.1) is 0 Å². The Balaban J connectivity index is 1.53. The predicted molar refractivity (Wildman–Crippen MR) is 103 cm³/mol. The van der Waals surface area contributed by atoms with Crippen LogP contribution in [0.25, 0.3) is 45.2 Å². The molecule has 5 rings (SSSR count). The van der Waals surface area contributed by atoms with Gasteiger partial charge in [0.15, 0.2) is 5.76 Å². The first-order valence-corrected chi connectivity index (χ1v) is 9.27. The Bertz CT molecular complexity index is 1450. The number of halogens is 6. The highest BCUT2D eigenvalue weighted by Gasteiger charge is 2.39. The third-order valence-corrected chi connectivity index (χ3v) is 4.72. The number of fused-ring (bicyclic) bond motifs is 1. The molecule has 33 heavy (non-hydrogen) atoms. The zero-order valence-electron chi connectivity index (χ0n) is 16.1. The molecule has 0 aliphatic heterocycles. The fourth-order valence-corrected chi connectivity index (χ4v) is 3.26. The van der Waals surface area contributed by atoms with Crippen molar-refractivity contribution in [3.8, 4) is 34.2 Å². The SMILES string of the molecule is FC(F)(F)c1nc2cc(-c3noc(-c4cc(-c5ccccc5)c(C(F)(F)F)o4)n3)ccc2[nH]1. The molecule has 0 unspecified atom stereocenters. The molecule has 0 amide bonds. The summed E-state index contributed by atoms with van der Waals surface area (Å²) in [4.78, 5) is 9.71. The van der Waals surface area contributed by atoms with Crippen LogP contribution in [-0.2, 0) is 12.4 Å². The van der Waals surface area contributed by atoms with Crippen molar-refractivity contribution < 1.29 is 35.3 Å². The number of nitrogens with zero attached hydrogens (tertiary/aromatic N) is 3. The Morgan fingerprint density at radius 2 is 1.55 bits per heavy atom. The smallest absolute Gasteiger partial charge is 0.446 e. The number of imidazole rings is 1. The highest BCUT2D eigenvalue weighted by Crippen LogP contribution is 2.41. The Hall–Kier alpha value is -4.09. The van der Waals surface area contributed by atoms with Crippen molar-refractivity contribution in [2.24, 2.45) is 0 Å². The Morgan fingerprint density at radius 3 is 2.24 bits per heavy atom. The van der Waals surface area contributed by atoms with Gasteiger partial charge in [0.2, 0.25) is 17.4 Å². The lowest BCUT2D eigenvalue weighted by molar-refractivity contribution is -0.152. The van der Waals surface area contributed by atoms with Crippen molar-refractivity contribution in [3.63, 3.8) is 0 Å². The molecular formula is C21H10F6N4O2. The monoisotopic (exact) mass is 464 g/mol. The lowest BCUT2D eigenvalue weighted by Gasteiger charge is -2.05. The maximum atomic E-state index is 13.5. The number of benzene rings is 2. The van der Waals surface area contributed by atoms with E-state index >= 15 is 0 Å². The first-order valence-electron chi connectivity index (χ1n) is 9.27. The molecule has 5 aromatic rings. The lowest BCUT2D eigenvalue weighted by atomic mass is 10.1. The fourth-order valence-electron chi connectivity index (χ4n) is 3.26. The normalized spacial score (nSPS) is 12.5. The van der Waals surface area contributed by atoms with E-state index in [9.17, 15) is 26.3 Å². The zero-order chi connectivity index (χ0) is 23.4. The highest BCUT2D eigenvalue weighted by atomic mass is 19.4. The second-order valence-electron chi connectivity index (χ2n) is 6.96. The van der Waals surface area contributed by atoms with Crippen LogP contribution < -0.4 is 0 Å². The standard InChI is InChI=1S/C21H10F6N4O2/c22-20(23,24)16-12(10-4-2-1-3-5-10)9-15(32-16)18-30-17(31-33-18)11-6-7-13-14(8-11)29-19(28-13)21(25,26)27/h1-9H,(H,28,29). The van der Waals surface area contributed by atoms with E-state index in [1.165, 1.54) is 30.3 Å². The number of aromatic nitrogens is 4. The molecule has 12 heteroatoms. The van der Waals surface area contributed by atoms with Gasteiger partial charge in [-0.05, 0) is 29.8 Å². The van der Waals surface area contributed by atoms with E-state index in [0.717, 1.165) is 6.07 Å². The zero-order valence-corrected chi connectivity index (χ0v) is 16.1. The average Bonchev–Trinajstić information content (AvgIpc) is 3.50. The molecule has 0 radical (unpaired) electrons. The lowest BCUT2D eigenvalue weighted by Crippen LogP contribution is -2.06. The Labute approximate surface area is 179 Å². The topological polar surface area (TPSA) is 80.7 Å². The molecule has 3 aromatic heterocycles. The van der Waals surface area contributed by atoms with Crippen molar-refractivity contribution in [3.05, 3.63) is 66.2 Å². The number of nitrogens with one attached hydrogen (secondary N) is 1. The molecule has 0 saturated heterocycles. The maximum Gasteiger partial charge on any atom is 0.450 e. The summed E-state index contributed by atoms with van der Waals surface area (Å²) in [6, 6.07) is 13.0. The van der Waals surface area contributed by atoms with Crippen molar-refractivity contribution in [1.29, 1.82) is 0 Å². The van der Waals surface area contributed by atoms with E-state index in [1.807, 2.05) is 0 Å². The van der Waals surface area contributed by atoms with Crippen LogP contribution in [0.2, 0.25) is 0 Å². The first-order chi connectivity index (χ1) is 15.6. The quantitative estimate of drug-likeness (QED) is 0.305. The average molecular weight is 464 g/mol. The van der Waals surface area contributed by atoms with Crippen molar-refractivity contribution in [1.82, 2.24) is 20.1 Å². The van der Waals surface area contributed by atoms with Crippen molar-refractivity contribution in [2.75, 3.05) is 0 Å². The van der Waals surface area contributed by atoms with E-state index in [1.54, 1.807) is 18.2 Å². The molecule has 0 atom stereocenters. The van der Waals surface area contributed by atoms with Gasteiger partial charge in [-0.1, -0.05) is 35.5 Å². The number of H-pyrrole nitrogens is 1. The molecule has 0 aliphatic rings. The number of hydrogen-bond acceptors (Lipinski definition) is 5. The van der Waals surface area contributed by atoms with E-state index in [0.29, 0.717) is 0 Å². The van der Waals surface area contributed by atoms with E-state index in [4.69, 9.17) is 8.94 Å². The third-order valence-electron chi connectivity index (χ3n) is 4.72. The minimum atomic E-state index is -4.77. The van der Waals surface area contributed by atoms with Gasteiger partial charge < -0.3 is 13.9 Å². The molecule has 0 bridgehead atoms. The summed E-state index contributed by atoms with van der Waals surface area (Å²) < 4.78 is 89.2. The number of furan rings is 1. The van der Waals surface area contributed by atoms with E-state index in [-0.39, 0.29) is 45.2 Å². The second kappa shape index (κ2) is 7.22. The van der Waals surface area contributed by atoms with Gasteiger partial charge in [0.1, 0.15) is 0 Å². The molecule has 3 heterocycles. The summed E-state index contributed by atoms with van der Waals surface area (Å²) in [5.41, 5.74) is 0.487. The van der Waals surface area contributed by atoms with E-state index < -0.39 is 23.9 Å². The van der Waals surface area contributed by atoms with Gasteiger partial charge in [-0.3, -0.25) is 0 Å². The molecule has 0 spiro atoms. The number of aromatic amines is 1. The van der Waals surface area contributed by atoms with Crippen LogP contribution in [0.1, 0.15) is 11.6 Å². The molecule has 168 valence electrons. The largest absolute Gasteiger partial charge is 0.450 e. The first kappa shape index (κ1) is 20.8. The summed E-state index contributed by atoms with van der Waals surface area (Å²) in [5.74, 6) is -3.07. The second-order valence-corrected chi connectivity index (χ2v) is 6.96. The fraction of sp³-hybridized carbons (Fsp3) is 0.0952. The Kier molecular flexibility index (Phi) is 4.55. The van der Waals surface area contributed by atoms with Gasteiger partial charge in [0.05, 0.1) is 11.0 Å². The number of alkyl halides is 6. The molecule has 6 nitrogen and oxygen atoms in total. The van der Waals surface area contributed by atoms with Crippen LogP contribution in [0.5, 0.6) is 0 Å². The highest BCUT2D eigenvalue weighted by molar-refractivity contribution is 5.81. The minimum Gasteiger partial charge on any atom is -0.446 e. The summed E-state index contributed by atoms with van der Waals surface area (Å²) in [6.07, 6.45) is -9.42. The van der Waals surface area contributed by atoms with Gasteiger partial charge in [0.25, 0.3) is 5.89 Å². The van der Waals surface area contributed by atoms with Crippen LogP contribution in [0.3, 0.4) is 0 Å². The summed E-state index contributed by atoms with van der Waals surface area (Å²) in [7, 11) is 0. The van der Waals surface area contributed by atoms with Crippen LogP contribution in [0.4, 0.5) is 26.3 Å². The number of rotatable bonds is 3. The Morgan fingerprint density at radius 1 is 0.788 bits per heavy atom. The van der Waals surface area contributed by atoms with Crippen LogP contribution in [0.15, 0.2) is 63.5 Å². The number of hydrogen-bond donors (Lipinski definition) is 1. The molecule has 0 saturated carbocycles. The molecule has 0 fully saturated rings.